The first-order chi connectivity index (χ1) is 11.9. The fourth-order valence-corrected chi connectivity index (χ4v) is 1.97. The molecule has 2 aromatic heterocycles. The molecule has 2 rings (SSSR count). The number of hydrogen-bond donors (Lipinski definition) is 3. The molecule has 10 heteroatoms. The zero-order chi connectivity index (χ0) is 18.3. The van der Waals surface area contributed by atoms with Crippen molar-refractivity contribution in [2.75, 3.05) is 18.4 Å². The standard InChI is InChI=1S/C15H17F3N6O/c1-10-19-6-4-11(24-10)9-23-14(25)22-8-7-21-13-12(15(16,17)18)3-2-5-20-13/h2-6H,7-9H2,1H3,(H,20,21)(H2,22,23,25). The minimum absolute atomic E-state index is 0.0973. The van der Waals surface area contributed by atoms with Gasteiger partial charge in [0, 0.05) is 25.5 Å². The molecule has 0 saturated carbocycles. The Hall–Kier alpha value is -2.91. The van der Waals surface area contributed by atoms with Gasteiger partial charge in [0.15, 0.2) is 0 Å². The monoisotopic (exact) mass is 354 g/mol. The van der Waals surface area contributed by atoms with E-state index < -0.39 is 17.8 Å². The first kappa shape index (κ1) is 18.4. The molecule has 2 aromatic rings. The highest BCUT2D eigenvalue weighted by Crippen LogP contribution is 2.33. The average Bonchev–Trinajstić information content (AvgIpc) is 2.56. The second kappa shape index (κ2) is 8.27. The van der Waals surface area contributed by atoms with Crippen LogP contribution in [0.4, 0.5) is 23.8 Å². The number of hydrogen-bond acceptors (Lipinski definition) is 5. The maximum Gasteiger partial charge on any atom is 0.419 e. The number of urea groups is 1. The minimum Gasteiger partial charge on any atom is -0.368 e. The van der Waals surface area contributed by atoms with Gasteiger partial charge in [-0.25, -0.2) is 19.7 Å². The Morgan fingerprint density at radius 3 is 2.64 bits per heavy atom. The largest absolute Gasteiger partial charge is 0.419 e. The van der Waals surface area contributed by atoms with Crippen LogP contribution in [-0.2, 0) is 12.7 Å². The third-order valence-corrected chi connectivity index (χ3v) is 3.08. The van der Waals surface area contributed by atoms with Gasteiger partial charge in [-0.1, -0.05) is 0 Å². The lowest BCUT2D eigenvalue weighted by molar-refractivity contribution is -0.137. The van der Waals surface area contributed by atoms with Crippen molar-refractivity contribution in [3.63, 3.8) is 0 Å². The molecular formula is C15H17F3N6O. The van der Waals surface area contributed by atoms with Crippen LogP contribution in [0.2, 0.25) is 0 Å². The molecule has 0 spiro atoms. The van der Waals surface area contributed by atoms with E-state index in [0.717, 1.165) is 6.07 Å². The molecule has 0 radical (unpaired) electrons. The summed E-state index contributed by atoms with van der Waals surface area (Å²) in [7, 11) is 0. The van der Waals surface area contributed by atoms with Gasteiger partial charge in [-0.15, -0.1) is 0 Å². The van der Waals surface area contributed by atoms with Crippen molar-refractivity contribution in [3.05, 3.63) is 47.7 Å². The third kappa shape index (κ3) is 5.90. The summed E-state index contributed by atoms with van der Waals surface area (Å²) in [5.41, 5.74) is -0.192. The molecule has 134 valence electrons. The second-order valence-electron chi connectivity index (χ2n) is 5.03. The number of amides is 2. The fourth-order valence-electron chi connectivity index (χ4n) is 1.97. The molecule has 0 aliphatic heterocycles. The number of halogens is 3. The summed E-state index contributed by atoms with van der Waals surface area (Å²) in [5, 5.41) is 7.69. The number of nitrogens with zero attached hydrogens (tertiary/aromatic N) is 3. The first-order valence-corrected chi connectivity index (χ1v) is 7.42. The molecule has 0 aromatic carbocycles. The summed E-state index contributed by atoms with van der Waals surface area (Å²) < 4.78 is 38.4. The predicted molar refractivity (Wildman–Crippen MR) is 84.7 cm³/mol. The normalized spacial score (nSPS) is 11.0. The zero-order valence-corrected chi connectivity index (χ0v) is 13.4. The lowest BCUT2D eigenvalue weighted by Crippen LogP contribution is -2.37. The topological polar surface area (TPSA) is 91.8 Å². The van der Waals surface area contributed by atoms with E-state index in [2.05, 4.69) is 30.9 Å². The van der Waals surface area contributed by atoms with E-state index in [0.29, 0.717) is 11.5 Å². The van der Waals surface area contributed by atoms with E-state index in [9.17, 15) is 18.0 Å². The van der Waals surface area contributed by atoms with Crippen molar-refractivity contribution in [2.45, 2.75) is 19.6 Å². The molecule has 25 heavy (non-hydrogen) atoms. The predicted octanol–water partition coefficient (Wildman–Crippen LogP) is 2.11. The molecule has 0 aliphatic carbocycles. The highest BCUT2D eigenvalue weighted by Gasteiger charge is 2.33. The summed E-state index contributed by atoms with van der Waals surface area (Å²) in [6.45, 7) is 2.19. The highest BCUT2D eigenvalue weighted by molar-refractivity contribution is 5.73. The second-order valence-corrected chi connectivity index (χ2v) is 5.03. The third-order valence-electron chi connectivity index (χ3n) is 3.08. The van der Waals surface area contributed by atoms with Gasteiger partial charge in [-0.2, -0.15) is 13.2 Å². The molecule has 3 N–H and O–H groups in total. The van der Waals surface area contributed by atoms with E-state index in [1.165, 1.54) is 12.3 Å². The van der Waals surface area contributed by atoms with Gasteiger partial charge < -0.3 is 16.0 Å². The molecule has 2 heterocycles. The zero-order valence-electron chi connectivity index (χ0n) is 13.4. The lowest BCUT2D eigenvalue weighted by atomic mass is 10.2. The Balaban J connectivity index is 1.73. The molecule has 2 amide bonds. The smallest absolute Gasteiger partial charge is 0.368 e. The van der Waals surface area contributed by atoms with Gasteiger partial charge in [0.1, 0.15) is 11.6 Å². The Kier molecular flexibility index (Phi) is 6.09. The van der Waals surface area contributed by atoms with Gasteiger partial charge in [0.25, 0.3) is 0 Å². The Morgan fingerprint density at radius 1 is 1.12 bits per heavy atom. The van der Waals surface area contributed by atoms with Crippen molar-refractivity contribution in [2.24, 2.45) is 0 Å². The van der Waals surface area contributed by atoms with Gasteiger partial charge in [-0.05, 0) is 25.1 Å². The fraction of sp³-hybridized carbons (Fsp3) is 0.333. The maximum atomic E-state index is 12.8. The quantitative estimate of drug-likeness (QED) is 0.691. The van der Waals surface area contributed by atoms with Crippen molar-refractivity contribution in [1.82, 2.24) is 25.6 Å². The van der Waals surface area contributed by atoms with Crippen LogP contribution in [0.5, 0.6) is 0 Å². The van der Waals surface area contributed by atoms with Crippen LogP contribution < -0.4 is 16.0 Å². The van der Waals surface area contributed by atoms with E-state index >= 15 is 0 Å². The molecule has 0 fully saturated rings. The van der Waals surface area contributed by atoms with Crippen LogP contribution in [0.3, 0.4) is 0 Å². The van der Waals surface area contributed by atoms with Gasteiger partial charge in [-0.3, -0.25) is 0 Å². The Labute approximate surface area is 142 Å². The molecule has 0 atom stereocenters. The maximum absolute atomic E-state index is 12.8. The van der Waals surface area contributed by atoms with Gasteiger partial charge in [0.05, 0.1) is 17.8 Å². The number of carbonyl (C=O) groups is 1. The van der Waals surface area contributed by atoms with Crippen molar-refractivity contribution in [1.29, 1.82) is 0 Å². The van der Waals surface area contributed by atoms with Crippen LogP contribution >= 0.6 is 0 Å². The van der Waals surface area contributed by atoms with E-state index in [1.54, 1.807) is 19.2 Å². The number of alkyl halides is 3. The van der Waals surface area contributed by atoms with Crippen molar-refractivity contribution >= 4 is 11.8 Å². The van der Waals surface area contributed by atoms with Crippen molar-refractivity contribution in [3.8, 4) is 0 Å². The van der Waals surface area contributed by atoms with Crippen LogP contribution in [0.1, 0.15) is 17.1 Å². The average molecular weight is 354 g/mol. The molecule has 7 nitrogen and oxygen atoms in total. The molecule has 0 aliphatic rings. The number of aromatic nitrogens is 3. The summed E-state index contributed by atoms with van der Waals surface area (Å²) >= 11 is 0. The van der Waals surface area contributed by atoms with E-state index in [-0.39, 0.29) is 25.5 Å². The van der Waals surface area contributed by atoms with Crippen LogP contribution in [0.25, 0.3) is 0 Å². The summed E-state index contributed by atoms with van der Waals surface area (Å²) in [4.78, 5) is 23.4. The van der Waals surface area contributed by atoms with Gasteiger partial charge in [0.2, 0.25) is 0 Å². The van der Waals surface area contributed by atoms with Crippen molar-refractivity contribution < 1.29 is 18.0 Å². The van der Waals surface area contributed by atoms with Crippen LogP contribution in [-0.4, -0.2) is 34.1 Å². The van der Waals surface area contributed by atoms with E-state index in [4.69, 9.17) is 0 Å². The first-order valence-electron chi connectivity index (χ1n) is 7.42. The number of carbonyl (C=O) groups excluding carboxylic acids is 1. The Morgan fingerprint density at radius 2 is 1.92 bits per heavy atom. The molecule has 0 saturated heterocycles. The number of anilines is 1. The van der Waals surface area contributed by atoms with Crippen LogP contribution in [0.15, 0.2) is 30.6 Å². The number of nitrogens with one attached hydrogen (secondary N) is 3. The summed E-state index contributed by atoms with van der Waals surface area (Å²) in [6, 6.07) is 3.39. The number of aryl methyl sites for hydroxylation is 1. The number of pyridine rings is 1. The molecular weight excluding hydrogens is 337 g/mol. The SMILES string of the molecule is Cc1nccc(CNC(=O)NCCNc2ncccc2C(F)(F)F)n1. The highest BCUT2D eigenvalue weighted by atomic mass is 19.4. The van der Waals surface area contributed by atoms with Crippen LogP contribution in [0, 0.1) is 6.92 Å². The molecule has 0 unspecified atom stereocenters. The molecule has 0 bridgehead atoms. The summed E-state index contributed by atoms with van der Waals surface area (Å²) in [6.07, 6.45) is -1.63. The van der Waals surface area contributed by atoms with E-state index in [1.807, 2.05) is 0 Å². The minimum atomic E-state index is -4.49. The number of rotatable bonds is 6. The lowest BCUT2D eigenvalue weighted by Gasteiger charge is -2.13. The summed E-state index contributed by atoms with van der Waals surface area (Å²) in [5.74, 6) is 0.327. The Bertz CT molecular complexity index is 722. The van der Waals surface area contributed by atoms with Gasteiger partial charge >= 0.3 is 12.2 Å².